The Morgan fingerprint density at radius 2 is 1.58 bits per heavy atom. The number of carbonyl (C=O) groups is 2. The zero-order chi connectivity index (χ0) is 23.5. The minimum absolute atomic E-state index is 0.0252. The van der Waals surface area contributed by atoms with Crippen LogP contribution in [-0.2, 0) is 16.0 Å². The number of carboxylic acid groups (broad SMARTS) is 1. The van der Waals surface area contributed by atoms with E-state index in [4.69, 9.17) is 14.6 Å². The van der Waals surface area contributed by atoms with Crippen molar-refractivity contribution in [2.75, 3.05) is 6.61 Å². The molecule has 0 radical (unpaired) electrons. The van der Waals surface area contributed by atoms with Crippen molar-refractivity contribution in [1.29, 1.82) is 0 Å². The van der Waals surface area contributed by atoms with E-state index in [-0.39, 0.29) is 12.2 Å². The van der Waals surface area contributed by atoms with Crippen molar-refractivity contribution in [1.82, 2.24) is 0 Å². The minimum Gasteiger partial charge on any atom is -0.498 e. The van der Waals surface area contributed by atoms with Gasteiger partial charge in [-0.3, -0.25) is 4.79 Å². The van der Waals surface area contributed by atoms with Crippen molar-refractivity contribution in [2.45, 2.75) is 51.0 Å². The maximum atomic E-state index is 12.3. The van der Waals surface area contributed by atoms with E-state index in [2.05, 4.69) is 0 Å². The number of hydrogen-bond donors (Lipinski definition) is 2. The van der Waals surface area contributed by atoms with Crippen LogP contribution in [0.2, 0.25) is 0 Å². The van der Waals surface area contributed by atoms with Crippen molar-refractivity contribution >= 4 is 11.8 Å². The summed E-state index contributed by atoms with van der Waals surface area (Å²) >= 11 is 0. The highest BCUT2D eigenvalue weighted by Crippen LogP contribution is 2.23. The second-order valence-electron chi connectivity index (χ2n) is 8.02. The van der Waals surface area contributed by atoms with Crippen LogP contribution in [0.3, 0.4) is 0 Å². The SMILES string of the molecule is O=C(CCCCCOC1=CC=C(Oc2ccccc2)CC1)c1ccc(CC(O)C(=O)O)cc1. The lowest BCUT2D eigenvalue weighted by Crippen LogP contribution is -2.21. The van der Waals surface area contributed by atoms with E-state index in [0.717, 1.165) is 49.4 Å². The molecule has 0 aliphatic heterocycles. The minimum atomic E-state index is -1.43. The summed E-state index contributed by atoms with van der Waals surface area (Å²) in [5.74, 6) is 1.53. The van der Waals surface area contributed by atoms with E-state index >= 15 is 0 Å². The van der Waals surface area contributed by atoms with Gasteiger partial charge in [-0.1, -0.05) is 42.5 Å². The van der Waals surface area contributed by atoms with Crippen LogP contribution >= 0.6 is 0 Å². The standard InChI is InChI=1S/C27H30O6/c28-25(21-12-10-20(11-13-21)19-26(29)27(30)31)9-5-2-6-18-32-22-14-16-24(17-15-22)33-23-7-3-1-4-8-23/h1,3-4,7-8,10-14,16,26,29H,2,5-6,9,15,17-19H2,(H,30,31). The second kappa shape index (κ2) is 12.6. The molecule has 1 aliphatic carbocycles. The van der Waals surface area contributed by atoms with E-state index < -0.39 is 12.1 Å². The van der Waals surface area contributed by atoms with Gasteiger partial charge in [-0.15, -0.1) is 0 Å². The van der Waals surface area contributed by atoms with Crippen molar-refractivity contribution < 1.29 is 29.3 Å². The Morgan fingerprint density at radius 3 is 2.24 bits per heavy atom. The molecule has 2 aromatic carbocycles. The lowest BCUT2D eigenvalue weighted by Gasteiger charge is -2.16. The normalized spacial score (nSPS) is 14.1. The number of Topliss-reactive ketones (excluding diaryl/α,β-unsaturated/α-hetero) is 1. The van der Waals surface area contributed by atoms with Gasteiger partial charge in [0.05, 0.1) is 12.4 Å². The van der Waals surface area contributed by atoms with Crippen LogP contribution in [-0.4, -0.2) is 34.7 Å². The summed E-state index contributed by atoms with van der Waals surface area (Å²) in [6.07, 6.45) is 7.17. The molecule has 0 heterocycles. The topological polar surface area (TPSA) is 93.1 Å². The maximum Gasteiger partial charge on any atom is 0.332 e. The second-order valence-corrected chi connectivity index (χ2v) is 8.02. The molecule has 1 unspecified atom stereocenters. The van der Waals surface area contributed by atoms with E-state index in [1.807, 2.05) is 42.5 Å². The van der Waals surface area contributed by atoms with Gasteiger partial charge in [0.1, 0.15) is 11.5 Å². The fourth-order valence-electron chi connectivity index (χ4n) is 3.49. The van der Waals surface area contributed by atoms with Crippen molar-refractivity contribution in [3.8, 4) is 5.75 Å². The van der Waals surface area contributed by atoms with Crippen LogP contribution in [0, 0.1) is 0 Å². The van der Waals surface area contributed by atoms with Crippen LogP contribution in [0.25, 0.3) is 0 Å². The summed E-state index contributed by atoms with van der Waals surface area (Å²) in [6, 6.07) is 16.5. The molecule has 0 amide bonds. The highest BCUT2D eigenvalue weighted by Gasteiger charge is 2.14. The molecule has 33 heavy (non-hydrogen) atoms. The summed E-state index contributed by atoms with van der Waals surface area (Å²) in [6.45, 7) is 0.628. The smallest absolute Gasteiger partial charge is 0.332 e. The molecular formula is C27H30O6. The molecule has 6 nitrogen and oxygen atoms in total. The molecule has 2 aromatic rings. The zero-order valence-corrected chi connectivity index (χ0v) is 18.6. The van der Waals surface area contributed by atoms with Gasteiger partial charge >= 0.3 is 5.97 Å². The third-order valence-electron chi connectivity index (χ3n) is 5.39. The van der Waals surface area contributed by atoms with E-state index in [9.17, 15) is 14.7 Å². The van der Waals surface area contributed by atoms with Gasteiger partial charge in [0.15, 0.2) is 11.9 Å². The summed E-state index contributed by atoms with van der Waals surface area (Å²) in [7, 11) is 0. The molecule has 0 aromatic heterocycles. The lowest BCUT2D eigenvalue weighted by molar-refractivity contribution is -0.146. The number of ether oxygens (including phenoxy) is 2. The summed E-state index contributed by atoms with van der Waals surface area (Å²) in [4.78, 5) is 23.0. The Bertz CT molecular complexity index is 975. The van der Waals surface area contributed by atoms with Crippen LogP contribution in [0.4, 0.5) is 0 Å². The lowest BCUT2D eigenvalue weighted by atomic mass is 10.0. The Kier molecular flexibility index (Phi) is 9.27. The van der Waals surface area contributed by atoms with Gasteiger partial charge in [-0.05, 0) is 49.1 Å². The number of hydrogen-bond acceptors (Lipinski definition) is 5. The Labute approximate surface area is 194 Å². The first kappa shape index (κ1) is 24.3. The largest absolute Gasteiger partial charge is 0.498 e. The molecule has 174 valence electrons. The van der Waals surface area contributed by atoms with Crippen LogP contribution in [0.5, 0.6) is 5.75 Å². The first-order valence-electron chi connectivity index (χ1n) is 11.3. The molecule has 1 aliphatic rings. The Balaban J connectivity index is 1.30. The third-order valence-corrected chi connectivity index (χ3v) is 5.39. The number of benzene rings is 2. The van der Waals surface area contributed by atoms with E-state index in [0.29, 0.717) is 24.2 Å². The third kappa shape index (κ3) is 8.24. The monoisotopic (exact) mass is 450 g/mol. The summed E-state index contributed by atoms with van der Waals surface area (Å²) < 4.78 is 11.7. The zero-order valence-electron chi connectivity index (χ0n) is 18.6. The number of aliphatic hydroxyl groups excluding tert-OH is 1. The number of rotatable bonds is 13. The van der Waals surface area contributed by atoms with E-state index in [1.54, 1.807) is 24.3 Å². The van der Waals surface area contributed by atoms with Gasteiger partial charge in [-0.25, -0.2) is 4.79 Å². The number of carboxylic acids is 1. The van der Waals surface area contributed by atoms with Crippen molar-refractivity contribution in [3.63, 3.8) is 0 Å². The molecule has 0 spiro atoms. The van der Waals surface area contributed by atoms with Crippen LogP contribution in [0.15, 0.2) is 78.3 Å². The molecule has 0 saturated heterocycles. The Hall–Kier alpha value is -3.38. The first-order valence-corrected chi connectivity index (χ1v) is 11.3. The number of para-hydroxylation sites is 1. The molecule has 6 heteroatoms. The number of allylic oxidation sites excluding steroid dienone is 4. The predicted molar refractivity (Wildman–Crippen MR) is 125 cm³/mol. The van der Waals surface area contributed by atoms with Crippen LogP contribution < -0.4 is 4.74 Å². The summed E-state index contributed by atoms with van der Waals surface area (Å²) in [5, 5.41) is 18.2. The van der Waals surface area contributed by atoms with Crippen LogP contribution in [0.1, 0.15) is 54.4 Å². The number of aliphatic carboxylic acids is 1. The number of unbranched alkanes of at least 4 members (excludes halogenated alkanes) is 2. The average Bonchev–Trinajstić information content (AvgIpc) is 2.83. The molecule has 0 saturated carbocycles. The molecule has 1 atom stereocenters. The molecular weight excluding hydrogens is 420 g/mol. The predicted octanol–water partition coefficient (Wildman–Crippen LogP) is 5.07. The highest BCUT2D eigenvalue weighted by atomic mass is 16.5. The van der Waals surface area contributed by atoms with Gasteiger partial charge < -0.3 is 19.7 Å². The molecule has 3 rings (SSSR count). The van der Waals surface area contributed by atoms with E-state index in [1.165, 1.54) is 0 Å². The Morgan fingerprint density at radius 1 is 0.879 bits per heavy atom. The number of ketones is 1. The van der Waals surface area contributed by atoms with Gasteiger partial charge in [0.25, 0.3) is 0 Å². The fourth-order valence-corrected chi connectivity index (χ4v) is 3.49. The maximum absolute atomic E-state index is 12.3. The van der Waals surface area contributed by atoms with Gasteiger partial charge in [0.2, 0.25) is 0 Å². The average molecular weight is 451 g/mol. The summed E-state index contributed by atoms with van der Waals surface area (Å²) in [5.41, 5.74) is 1.29. The van der Waals surface area contributed by atoms with Gasteiger partial charge in [0, 0.05) is 31.2 Å². The van der Waals surface area contributed by atoms with Gasteiger partial charge in [-0.2, -0.15) is 0 Å². The number of carbonyl (C=O) groups excluding carboxylic acids is 1. The molecule has 0 fully saturated rings. The quantitative estimate of drug-likeness (QED) is 0.327. The first-order chi connectivity index (χ1) is 16.0. The number of aliphatic hydroxyl groups is 1. The fraction of sp³-hybridized carbons (Fsp3) is 0.333. The van der Waals surface area contributed by atoms with Crippen molar-refractivity contribution in [3.05, 3.63) is 89.4 Å². The molecule has 2 N–H and O–H groups in total. The molecule has 0 bridgehead atoms. The van der Waals surface area contributed by atoms with Crippen molar-refractivity contribution in [2.24, 2.45) is 0 Å². The highest BCUT2D eigenvalue weighted by molar-refractivity contribution is 5.96.